The van der Waals surface area contributed by atoms with Gasteiger partial charge in [-0.2, -0.15) is 0 Å². The van der Waals surface area contributed by atoms with Gasteiger partial charge in [-0.05, 0) is 43.3 Å². The Labute approximate surface area is 131 Å². The van der Waals surface area contributed by atoms with Crippen molar-refractivity contribution in [3.8, 4) is 0 Å². The van der Waals surface area contributed by atoms with Crippen molar-refractivity contribution in [1.82, 2.24) is 5.32 Å². The van der Waals surface area contributed by atoms with Crippen molar-refractivity contribution < 1.29 is 4.79 Å². The number of hydrogen-bond donors (Lipinski definition) is 2. The SMILES string of the molecule is CCCCCCC(=O)NC(=S)Nc1ccc(C)c(Cl)c1. The van der Waals surface area contributed by atoms with Gasteiger partial charge in [0.25, 0.3) is 0 Å². The molecule has 0 bridgehead atoms. The van der Waals surface area contributed by atoms with E-state index in [2.05, 4.69) is 17.6 Å². The Morgan fingerprint density at radius 1 is 1.30 bits per heavy atom. The first-order valence-corrected chi connectivity index (χ1v) is 7.68. The van der Waals surface area contributed by atoms with Gasteiger partial charge in [0.05, 0.1) is 0 Å². The minimum atomic E-state index is -0.0446. The standard InChI is InChI=1S/C15H21ClN2OS/c1-3-4-5-6-7-14(19)18-15(20)17-12-9-8-11(2)13(16)10-12/h8-10H,3-7H2,1-2H3,(H2,17,18,19,20). The molecule has 0 fully saturated rings. The molecule has 1 aromatic rings. The minimum absolute atomic E-state index is 0.0446. The molecule has 2 N–H and O–H groups in total. The van der Waals surface area contributed by atoms with Crippen LogP contribution < -0.4 is 10.6 Å². The highest BCUT2D eigenvalue weighted by Gasteiger charge is 2.05. The van der Waals surface area contributed by atoms with Gasteiger partial charge >= 0.3 is 0 Å². The molecule has 0 heterocycles. The fourth-order valence-corrected chi connectivity index (χ4v) is 2.15. The lowest BCUT2D eigenvalue weighted by Gasteiger charge is -2.10. The van der Waals surface area contributed by atoms with E-state index in [1.807, 2.05) is 19.1 Å². The summed E-state index contributed by atoms with van der Waals surface area (Å²) < 4.78 is 0. The van der Waals surface area contributed by atoms with Crippen LogP contribution >= 0.6 is 23.8 Å². The number of hydrogen-bond acceptors (Lipinski definition) is 2. The van der Waals surface area contributed by atoms with Crippen LogP contribution in [0.25, 0.3) is 0 Å². The predicted molar refractivity (Wildman–Crippen MR) is 89.3 cm³/mol. The smallest absolute Gasteiger partial charge is 0.226 e. The number of aryl methyl sites for hydroxylation is 1. The normalized spacial score (nSPS) is 10.2. The van der Waals surface area contributed by atoms with Crippen molar-refractivity contribution >= 4 is 40.5 Å². The molecule has 1 rings (SSSR count). The molecule has 0 atom stereocenters. The molecule has 5 heteroatoms. The lowest BCUT2D eigenvalue weighted by atomic mass is 10.1. The molecule has 0 radical (unpaired) electrons. The second-order valence-corrected chi connectivity index (χ2v) is 5.59. The topological polar surface area (TPSA) is 41.1 Å². The van der Waals surface area contributed by atoms with Crippen molar-refractivity contribution in [2.75, 3.05) is 5.32 Å². The molecular formula is C15H21ClN2OS. The maximum absolute atomic E-state index is 11.7. The van der Waals surface area contributed by atoms with E-state index in [1.54, 1.807) is 6.07 Å². The first kappa shape index (κ1) is 16.9. The number of amides is 1. The number of rotatable bonds is 6. The number of nitrogens with one attached hydrogen (secondary N) is 2. The maximum Gasteiger partial charge on any atom is 0.226 e. The zero-order valence-electron chi connectivity index (χ0n) is 12.0. The zero-order valence-corrected chi connectivity index (χ0v) is 13.5. The van der Waals surface area contributed by atoms with Crippen LogP contribution in [0.15, 0.2) is 18.2 Å². The fraction of sp³-hybridized carbons (Fsp3) is 0.467. The third-order valence-electron chi connectivity index (χ3n) is 2.94. The molecule has 0 aliphatic carbocycles. The van der Waals surface area contributed by atoms with Crippen molar-refractivity contribution in [3.05, 3.63) is 28.8 Å². The Balaban J connectivity index is 2.35. The Kier molecular flexibility index (Phi) is 7.55. The molecule has 3 nitrogen and oxygen atoms in total. The molecule has 20 heavy (non-hydrogen) atoms. The van der Waals surface area contributed by atoms with Crippen LogP contribution in [-0.4, -0.2) is 11.0 Å². The first-order valence-electron chi connectivity index (χ1n) is 6.90. The van der Waals surface area contributed by atoms with Gasteiger partial charge in [0.15, 0.2) is 5.11 Å². The lowest BCUT2D eigenvalue weighted by Crippen LogP contribution is -2.33. The number of carbonyl (C=O) groups is 1. The summed E-state index contributed by atoms with van der Waals surface area (Å²) in [7, 11) is 0. The first-order chi connectivity index (χ1) is 9.52. The molecule has 0 saturated carbocycles. The van der Waals surface area contributed by atoms with Gasteiger partial charge in [0.2, 0.25) is 5.91 Å². The average Bonchev–Trinajstić information content (AvgIpc) is 2.39. The molecule has 0 spiro atoms. The Morgan fingerprint density at radius 2 is 2.05 bits per heavy atom. The van der Waals surface area contributed by atoms with Gasteiger partial charge in [-0.15, -0.1) is 0 Å². The van der Waals surface area contributed by atoms with Gasteiger partial charge < -0.3 is 10.6 Å². The number of thiocarbonyl (C=S) groups is 1. The summed E-state index contributed by atoms with van der Waals surface area (Å²) in [5, 5.41) is 6.62. The van der Waals surface area contributed by atoms with E-state index in [0.717, 1.165) is 36.9 Å². The molecule has 0 saturated heterocycles. The van der Waals surface area contributed by atoms with Crippen LogP contribution in [0.2, 0.25) is 5.02 Å². The molecule has 0 aromatic heterocycles. The molecule has 110 valence electrons. The van der Waals surface area contributed by atoms with E-state index < -0.39 is 0 Å². The zero-order chi connectivity index (χ0) is 15.0. The van der Waals surface area contributed by atoms with Crippen LogP contribution in [0.5, 0.6) is 0 Å². The third kappa shape index (κ3) is 6.35. The molecule has 0 unspecified atom stereocenters. The fourth-order valence-electron chi connectivity index (χ4n) is 1.73. The second kappa shape index (κ2) is 8.93. The molecule has 1 aromatic carbocycles. The summed E-state index contributed by atoms with van der Waals surface area (Å²) >= 11 is 11.1. The number of benzene rings is 1. The van der Waals surface area contributed by atoms with Crippen molar-refractivity contribution in [3.63, 3.8) is 0 Å². The van der Waals surface area contributed by atoms with E-state index in [9.17, 15) is 4.79 Å². The van der Waals surface area contributed by atoms with Crippen molar-refractivity contribution in [2.24, 2.45) is 0 Å². The Bertz CT molecular complexity index is 477. The molecule has 0 aliphatic heterocycles. The predicted octanol–water partition coefficient (Wildman–Crippen LogP) is 4.43. The van der Waals surface area contributed by atoms with Gasteiger partial charge in [-0.3, -0.25) is 4.79 Å². The van der Waals surface area contributed by atoms with Gasteiger partial charge in [-0.1, -0.05) is 43.9 Å². The minimum Gasteiger partial charge on any atom is -0.332 e. The van der Waals surface area contributed by atoms with Crippen LogP contribution in [0.3, 0.4) is 0 Å². The van der Waals surface area contributed by atoms with Crippen LogP contribution in [0, 0.1) is 6.92 Å². The van der Waals surface area contributed by atoms with Gasteiger partial charge in [0, 0.05) is 17.1 Å². The van der Waals surface area contributed by atoms with Crippen LogP contribution in [0.4, 0.5) is 5.69 Å². The van der Waals surface area contributed by atoms with Crippen LogP contribution in [-0.2, 0) is 4.79 Å². The summed E-state index contributed by atoms with van der Waals surface area (Å²) in [6.45, 7) is 4.08. The summed E-state index contributed by atoms with van der Waals surface area (Å²) in [4.78, 5) is 11.7. The summed E-state index contributed by atoms with van der Waals surface area (Å²) in [5.41, 5.74) is 1.78. The van der Waals surface area contributed by atoms with Crippen molar-refractivity contribution in [2.45, 2.75) is 46.0 Å². The number of carbonyl (C=O) groups excluding carboxylic acids is 1. The van der Waals surface area contributed by atoms with E-state index >= 15 is 0 Å². The van der Waals surface area contributed by atoms with E-state index in [-0.39, 0.29) is 5.91 Å². The highest BCUT2D eigenvalue weighted by atomic mass is 35.5. The molecule has 1 amide bonds. The highest BCUT2D eigenvalue weighted by molar-refractivity contribution is 7.80. The maximum atomic E-state index is 11.7. The summed E-state index contributed by atoms with van der Waals surface area (Å²) in [6.07, 6.45) is 4.82. The van der Waals surface area contributed by atoms with E-state index in [4.69, 9.17) is 23.8 Å². The highest BCUT2D eigenvalue weighted by Crippen LogP contribution is 2.19. The number of unbranched alkanes of at least 4 members (excludes halogenated alkanes) is 3. The number of halogens is 1. The molecule has 0 aliphatic rings. The summed E-state index contributed by atoms with van der Waals surface area (Å²) in [5.74, 6) is -0.0446. The quantitative estimate of drug-likeness (QED) is 0.603. The largest absolute Gasteiger partial charge is 0.332 e. The molecular weight excluding hydrogens is 292 g/mol. The van der Waals surface area contributed by atoms with Crippen LogP contribution in [0.1, 0.15) is 44.6 Å². The van der Waals surface area contributed by atoms with Gasteiger partial charge in [0.1, 0.15) is 0 Å². The lowest BCUT2D eigenvalue weighted by molar-refractivity contribution is -0.119. The van der Waals surface area contributed by atoms with E-state index in [0.29, 0.717) is 16.6 Å². The Morgan fingerprint density at radius 3 is 2.70 bits per heavy atom. The Hall–Kier alpha value is -1.13. The van der Waals surface area contributed by atoms with E-state index in [1.165, 1.54) is 0 Å². The monoisotopic (exact) mass is 312 g/mol. The summed E-state index contributed by atoms with van der Waals surface area (Å²) in [6, 6.07) is 5.57. The average molecular weight is 313 g/mol. The third-order valence-corrected chi connectivity index (χ3v) is 3.55. The number of anilines is 1. The van der Waals surface area contributed by atoms with Crippen molar-refractivity contribution in [1.29, 1.82) is 0 Å². The second-order valence-electron chi connectivity index (χ2n) is 4.78. The van der Waals surface area contributed by atoms with Gasteiger partial charge in [-0.25, -0.2) is 0 Å².